The minimum absolute atomic E-state index is 0.0339. The van der Waals surface area contributed by atoms with Crippen molar-refractivity contribution in [2.24, 2.45) is 5.73 Å². The summed E-state index contributed by atoms with van der Waals surface area (Å²) in [6.45, 7) is 1.76. The number of carbonyl (C=O) groups is 1. The lowest BCUT2D eigenvalue weighted by molar-refractivity contribution is 0.0702. The molecule has 2 N–H and O–H groups in total. The zero-order valence-corrected chi connectivity index (χ0v) is 19.3. The highest BCUT2D eigenvalue weighted by Crippen LogP contribution is 2.45. The summed E-state index contributed by atoms with van der Waals surface area (Å²) in [7, 11) is 0. The number of aryl methyl sites for hydroxylation is 1. The van der Waals surface area contributed by atoms with E-state index in [0.29, 0.717) is 32.5 Å². The molecule has 1 aliphatic rings. The fourth-order valence-corrected chi connectivity index (χ4v) is 4.49. The van der Waals surface area contributed by atoms with Crippen molar-refractivity contribution >= 4 is 40.1 Å². The number of rotatable bonds is 3. The predicted octanol–water partition coefficient (Wildman–Crippen LogP) is 6.49. The summed E-state index contributed by atoms with van der Waals surface area (Å²) in [5, 5.41) is 11.5. The zero-order valence-electron chi connectivity index (χ0n) is 17.8. The van der Waals surface area contributed by atoms with Gasteiger partial charge in [-0.2, -0.15) is 5.26 Å². The minimum Gasteiger partial charge on any atom is -0.449 e. The quantitative estimate of drug-likeness (QED) is 0.260. The van der Waals surface area contributed by atoms with Gasteiger partial charge in [-0.15, -0.1) is 0 Å². The van der Waals surface area contributed by atoms with Gasteiger partial charge in [0.2, 0.25) is 11.6 Å². The molecule has 6 nitrogen and oxygen atoms in total. The van der Waals surface area contributed by atoms with Crippen LogP contribution in [-0.2, 0) is 0 Å². The zero-order chi connectivity index (χ0) is 24.0. The largest absolute Gasteiger partial charge is 0.449 e. The summed E-state index contributed by atoms with van der Waals surface area (Å²) in [4.78, 5) is 12.9. The van der Waals surface area contributed by atoms with Crippen molar-refractivity contribution in [3.05, 3.63) is 105 Å². The lowest BCUT2D eigenvalue weighted by Crippen LogP contribution is -2.21. The van der Waals surface area contributed by atoms with Gasteiger partial charge in [0, 0.05) is 32.6 Å². The first-order chi connectivity index (χ1) is 16.4. The van der Waals surface area contributed by atoms with Gasteiger partial charge in [-0.25, -0.2) is 4.79 Å². The molecule has 5 rings (SSSR count). The number of nitrogens with two attached hydrogens (primary N) is 1. The number of allylic oxidation sites excluding steroid dienone is 1. The molecule has 0 bridgehead atoms. The third-order valence-electron chi connectivity index (χ3n) is 5.70. The summed E-state index contributed by atoms with van der Waals surface area (Å²) in [6, 6.07) is 19.4. The smallest absolute Gasteiger partial charge is 0.379 e. The third kappa shape index (κ3) is 3.65. The first kappa shape index (κ1) is 21.9. The van der Waals surface area contributed by atoms with Crippen LogP contribution in [0.25, 0.3) is 11.0 Å². The Morgan fingerprint density at radius 3 is 2.65 bits per heavy atom. The van der Waals surface area contributed by atoms with Crippen LogP contribution in [0.4, 0.5) is 0 Å². The van der Waals surface area contributed by atoms with Crippen molar-refractivity contribution in [3.63, 3.8) is 0 Å². The van der Waals surface area contributed by atoms with E-state index in [1.807, 2.05) is 18.2 Å². The van der Waals surface area contributed by atoms with Gasteiger partial charge in [0.05, 0.1) is 5.92 Å². The van der Waals surface area contributed by atoms with E-state index >= 15 is 0 Å². The molecule has 0 saturated heterocycles. The average Bonchev–Trinajstić information content (AvgIpc) is 3.14. The molecule has 4 aromatic rings. The van der Waals surface area contributed by atoms with Crippen LogP contribution in [0.2, 0.25) is 10.0 Å². The van der Waals surface area contributed by atoms with Crippen LogP contribution in [0.3, 0.4) is 0 Å². The average molecular weight is 491 g/mol. The van der Waals surface area contributed by atoms with E-state index < -0.39 is 11.9 Å². The molecule has 3 aromatic carbocycles. The molecule has 34 heavy (non-hydrogen) atoms. The topological polar surface area (TPSA) is 98.5 Å². The third-order valence-corrected chi connectivity index (χ3v) is 6.28. The molecule has 1 aliphatic heterocycles. The molecule has 1 atom stereocenters. The summed E-state index contributed by atoms with van der Waals surface area (Å²) < 4.78 is 17.0. The number of carbonyl (C=O) groups excluding carboxylic acids is 1. The minimum atomic E-state index is -0.663. The number of nitriles is 1. The normalized spacial score (nSPS) is 14.9. The Bertz CT molecular complexity index is 1550. The number of benzene rings is 3. The van der Waals surface area contributed by atoms with E-state index in [-0.39, 0.29) is 23.0 Å². The van der Waals surface area contributed by atoms with E-state index in [1.165, 1.54) is 0 Å². The standard InChI is InChI=1S/C26H16Cl2N2O4/c1-13-18-10-14(27)6-9-21(18)33-24(13)26(31)32-15-7-8-17-22(11-15)34-25(30)19(12-29)23(17)16-4-2-3-5-20(16)28/h2-11,23H,30H2,1H3. The van der Waals surface area contributed by atoms with Crippen LogP contribution in [0.1, 0.15) is 33.2 Å². The van der Waals surface area contributed by atoms with Gasteiger partial charge < -0.3 is 19.6 Å². The number of esters is 1. The number of ether oxygens (including phenoxy) is 2. The number of furan rings is 1. The Kier molecular flexibility index (Phi) is 5.45. The van der Waals surface area contributed by atoms with Crippen molar-refractivity contribution in [3.8, 4) is 17.6 Å². The molecule has 8 heteroatoms. The van der Waals surface area contributed by atoms with E-state index in [9.17, 15) is 10.1 Å². The highest BCUT2D eigenvalue weighted by Gasteiger charge is 2.32. The van der Waals surface area contributed by atoms with E-state index in [2.05, 4.69) is 6.07 Å². The lowest BCUT2D eigenvalue weighted by atomic mass is 9.83. The Balaban J connectivity index is 1.50. The molecule has 168 valence electrons. The molecule has 0 amide bonds. The van der Waals surface area contributed by atoms with Gasteiger partial charge in [-0.3, -0.25) is 0 Å². The van der Waals surface area contributed by atoms with Gasteiger partial charge in [0.1, 0.15) is 28.7 Å². The Morgan fingerprint density at radius 1 is 1.09 bits per heavy atom. The van der Waals surface area contributed by atoms with E-state index in [0.717, 1.165) is 10.9 Å². The number of hydrogen-bond acceptors (Lipinski definition) is 6. The molecule has 2 heterocycles. The molecule has 0 radical (unpaired) electrons. The predicted molar refractivity (Wildman–Crippen MR) is 128 cm³/mol. The van der Waals surface area contributed by atoms with Gasteiger partial charge in [-0.05, 0) is 42.8 Å². The first-order valence-corrected chi connectivity index (χ1v) is 11.0. The van der Waals surface area contributed by atoms with Gasteiger partial charge in [0.25, 0.3) is 0 Å². The van der Waals surface area contributed by atoms with Crippen LogP contribution in [-0.4, -0.2) is 5.97 Å². The molecule has 0 spiro atoms. The number of hydrogen-bond donors (Lipinski definition) is 1. The van der Waals surface area contributed by atoms with Crippen molar-refractivity contribution in [1.29, 1.82) is 5.26 Å². The van der Waals surface area contributed by atoms with Crippen LogP contribution in [0.15, 0.2) is 76.5 Å². The molecule has 1 aromatic heterocycles. The maximum atomic E-state index is 12.9. The number of nitrogens with zero attached hydrogens (tertiary/aromatic N) is 1. The maximum absolute atomic E-state index is 12.9. The highest BCUT2D eigenvalue weighted by atomic mass is 35.5. The van der Waals surface area contributed by atoms with Crippen molar-refractivity contribution < 1.29 is 18.7 Å². The molecule has 0 aliphatic carbocycles. The van der Waals surface area contributed by atoms with Crippen LogP contribution >= 0.6 is 23.2 Å². The molecule has 1 unspecified atom stereocenters. The number of fused-ring (bicyclic) bond motifs is 2. The van der Waals surface area contributed by atoms with Crippen LogP contribution in [0, 0.1) is 18.3 Å². The SMILES string of the molecule is Cc1c(C(=O)Oc2ccc3c(c2)OC(N)=C(C#N)C3c2ccccc2Cl)oc2ccc(Cl)cc12. The van der Waals surface area contributed by atoms with Gasteiger partial charge in [-0.1, -0.05) is 47.5 Å². The molecule has 0 saturated carbocycles. The summed E-state index contributed by atoms with van der Waals surface area (Å²) in [5.41, 5.74) is 8.86. The van der Waals surface area contributed by atoms with Crippen molar-refractivity contribution in [1.82, 2.24) is 0 Å². The van der Waals surface area contributed by atoms with Gasteiger partial charge in [0.15, 0.2) is 0 Å². The summed E-state index contributed by atoms with van der Waals surface area (Å²) >= 11 is 12.5. The Morgan fingerprint density at radius 2 is 1.88 bits per heavy atom. The molecule has 0 fully saturated rings. The monoisotopic (exact) mass is 490 g/mol. The van der Waals surface area contributed by atoms with Crippen molar-refractivity contribution in [2.75, 3.05) is 0 Å². The molecular weight excluding hydrogens is 475 g/mol. The van der Waals surface area contributed by atoms with Crippen molar-refractivity contribution in [2.45, 2.75) is 12.8 Å². The summed E-state index contributed by atoms with van der Waals surface area (Å²) in [6.07, 6.45) is 0. The highest BCUT2D eigenvalue weighted by molar-refractivity contribution is 6.31. The van der Waals surface area contributed by atoms with E-state index in [4.69, 9.17) is 42.8 Å². The molecular formula is C26H16Cl2N2O4. The first-order valence-electron chi connectivity index (χ1n) is 10.2. The number of halogens is 2. The Labute approximate surface area is 204 Å². The fourth-order valence-electron chi connectivity index (χ4n) is 4.07. The van der Waals surface area contributed by atoms with Gasteiger partial charge >= 0.3 is 5.97 Å². The van der Waals surface area contributed by atoms with Crippen LogP contribution in [0.5, 0.6) is 11.5 Å². The second-order valence-corrected chi connectivity index (χ2v) is 8.58. The summed E-state index contributed by atoms with van der Waals surface area (Å²) in [5.74, 6) is -0.545. The maximum Gasteiger partial charge on any atom is 0.379 e. The fraction of sp³-hybridized carbons (Fsp3) is 0.0769. The lowest BCUT2D eigenvalue weighted by Gasteiger charge is -2.27. The van der Waals surface area contributed by atoms with E-state index in [1.54, 1.807) is 49.4 Å². The Hall–Kier alpha value is -3.92. The van der Waals surface area contributed by atoms with Crippen LogP contribution < -0.4 is 15.2 Å². The second-order valence-electron chi connectivity index (χ2n) is 7.73. The second kappa shape index (κ2) is 8.45.